The second-order valence-corrected chi connectivity index (χ2v) is 7.03. The van der Waals surface area contributed by atoms with Crippen LogP contribution in [0.4, 0.5) is 0 Å². The normalized spacial score (nSPS) is 13.8. The van der Waals surface area contributed by atoms with E-state index in [1.54, 1.807) is 0 Å². The molecule has 0 bridgehead atoms. The minimum Gasteiger partial charge on any atom is -0.368 e. The van der Waals surface area contributed by atoms with Gasteiger partial charge in [-0.05, 0) is 45.2 Å². The number of carbonyl (C=O) groups excluding carboxylic acids is 4. The van der Waals surface area contributed by atoms with E-state index in [1.165, 1.54) is 0 Å². The predicted molar refractivity (Wildman–Crippen MR) is 114 cm³/mol. The number of nitrogens with one attached hydrogen (secondary N) is 3. The van der Waals surface area contributed by atoms with E-state index < -0.39 is 41.8 Å². The van der Waals surface area contributed by atoms with Crippen LogP contribution in [0, 0.1) is 0 Å². The summed E-state index contributed by atoms with van der Waals surface area (Å²) >= 11 is 4.05. The van der Waals surface area contributed by atoms with E-state index in [0.717, 1.165) is 6.42 Å². The van der Waals surface area contributed by atoms with E-state index in [4.69, 9.17) is 22.9 Å². The number of nitrogens with two attached hydrogens (primary N) is 4. The first-order valence-corrected chi connectivity index (χ1v) is 10.3. The number of unbranched alkanes of at least 4 members (excludes halogenated alkanes) is 2. The summed E-state index contributed by atoms with van der Waals surface area (Å²) in [5, 5.41) is 7.48. The zero-order valence-corrected chi connectivity index (χ0v) is 17.6. The minimum atomic E-state index is -0.989. The number of primary amides is 1. The van der Waals surface area contributed by atoms with Gasteiger partial charge in [-0.2, -0.15) is 12.6 Å². The Morgan fingerprint density at radius 3 is 1.86 bits per heavy atom. The molecule has 0 rings (SSSR count). The molecule has 0 aliphatic carbocycles. The van der Waals surface area contributed by atoms with Crippen molar-refractivity contribution in [1.82, 2.24) is 16.0 Å². The summed E-state index contributed by atoms with van der Waals surface area (Å²) < 4.78 is 0. The molecule has 0 aliphatic rings. The van der Waals surface area contributed by atoms with Gasteiger partial charge in [0.15, 0.2) is 0 Å². The molecule has 3 unspecified atom stereocenters. The van der Waals surface area contributed by atoms with Crippen molar-refractivity contribution in [2.24, 2.45) is 22.9 Å². The largest absolute Gasteiger partial charge is 0.368 e. The van der Waals surface area contributed by atoms with E-state index in [2.05, 4.69) is 28.6 Å². The number of hydrogen-bond acceptors (Lipinski definition) is 8. The van der Waals surface area contributed by atoms with E-state index in [0.29, 0.717) is 45.2 Å². The lowest BCUT2D eigenvalue weighted by Crippen LogP contribution is -2.56. The molecule has 0 heterocycles. The van der Waals surface area contributed by atoms with Crippen LogP contribution in [-0.4, -0.2) is 67.1 Å². The molecule has 11 N–H and O–H groups in total. The Kier molecular flexibility index (Phi) is 14.9. The van der Waals surface area contributed by atoms with Crippen molar-refractivity contribution < 1.29 is 19.2 Å². The molecule has 0 saturated heterocycles. The summed E-state index contributed by atoms with van der Waals surface area (Å²) in [5.74, 6) is -2.30. The number of amides is 4. The summed E-state index contributed by atoms with van der Waals surface area (Å²) in [4.78, 5) is 47.8. The Balaban J connectivity index is 4.93. The highest BCUT2D eigenvalue weighted by molar-refractivity contribution is 7.80. The van der Waals surface area contributed by atoms with Gasteiger partial charge < -0.3 is 38.9 Å². The van der Waals surface area contributed by atoms with Crippen molar-refractivity contribution in [2.75, 3.05) is 25.4 Å². The highest BCUT2D eigenvalue weighted by Gasteiger charge is 2.27. The first-order chi connectivity index (χ1) is 13.8. The van der Waals surface area contributed by atoms with Crippen LogP contribution in [0.2, 0.25) is 0 Å². The first kappa shape index (κ1) is 27.1. The Hall–Kier alpha value is -1.89. The van der Waals surface area contributed by atoms with Gasteiger partial charge in [0.2, 0.25) is 23.6 Å². The minimum absolute atomic E-state index is 0.00158. The molecular formula is C17H35N7O4S. The van der Waals surface area contributed by atoms with Crippen LogP contribution in [0.1, 0.15) is 38.5 Å². The maximum Gasteiger partial charge on any atom is 0.243 e. The highest BCUT2D eigenvalue weighted by Crippen LogP contribution is 2.04. The van der Waals surface area contributed by atoms with Crippen molar-refractivity contribution in [3.63, 3.8) is 0 Å². The quantitative estimate of drug-likeness (QED) is 0.0937. The van der Waals surface area contributed by atoms with Crippen LogP contribution in [0.5, 0.6) is 0 Å². The third kappa shape index (κ3) is 12.3. The zero-order valence-electron chi connectivity index (χ0n) is 16.7. The average molecular weight is 434 g/mol. The topological polar surface area (TPSA) is 208 Å². The van der Waals surface area contributed by atoms with Crippen LogP contribution in [0.3, 0.4) is 0 Å². The van der Waals surface area contributed by atoms with Crippen molar-refractivity contribution in [1.29, 1.82) is 0 Å². The summed E-state index contributed by atoms with van der Waals surface area (Å²) in [6.07, 6.45) is 3.54. The number of rotatable bonds is 16. The molecule has 0 saturated carbocycles. The van der Waals surface area contributed by atoms with Crippen molar-refractivity contribution in [2.45, 2.75) is 56.7 Å². The second kappa shape index (κ2) is 16.0. The molecule has 0 fully saturated rings. The van der Waals surface area contributed by atoms with Crippen LogP contribution >= 0.6 is 12.6 Å². The van der Waals surface area contributed by atoms with Crippen LogP contribution < -0.4 is 38.9 Å². The monoisotopic (exact) mass is 433 g/mol. The number of carbonyl (C=O) groups is 4. The van der Waals surface area contributed by atoms with E-state index in [9.17, 15) is 19.2 Å². The van der Waals surface area contributed by atoms with Crippen LogP contribution in [0.25, 0.3) is 0 Å². The maximum atomic E-state index is 12.6. The molecule has 3 atom stereocenters. The molecule has 0 radical (unpaired) electrons. The molecule has 0 aromatic rings. The van der Waals surface area contributed by atoms with Gasteiger partial charge in [-0.1, -0.05) is 6.42 Å². The van der Waals surface area contributed by atoms with E-state index in [1.807, 2.05) is 0 Å². The lowest BCUT2D eigenvalue weighted by atomic mass is 10.1. The summed E-state index contributed by atoms with van der Waals surface area (Å²) in [6.45, 7) is 0.615. The number of hydrogen-bond donors (Lipinski definition) is 8. The zero-order chi connectivity index (χ0) is 22.2. The molecule has 29 heavy (non-hydrogen) atoms. The molecule has 0 aliphatic heterocycles. The molecule has 4 amide bonds. The SMILES string of the molecule is NCCCCC(N)C(=O)NC(CCCCN)C(=O)NC(CS)C(=O)NCC(N)=O. The smallest absolute Gasteiger partial charge is 0.243 e. The van der Waals surface area contributed by atoms with Gasteiger partial charge in [0.05, 0.1) is 12.6 Å². The Labute approximate surface area is 176 Å². The fourth-order valence-corrected chi connectivity index (χ4v) is 2.70. The fourth-order valence-electron chi connectivity index (χ4n) is 2.44. The highest BCUT2D eigenvalue weighted by atomic mass is 32.1. The standard InChI is InChI=1S/C17H35N7O4S/c18-7-3-1-5-11(20)15(26)23-12(6-2-4-8-19)17(28)24-13(10-29)16(27)22-9-14(21)25/h11-13,29H,1-10,18-20H2,(H2,21,25)(H,22,27)(H,23,26)(H,24,28). The van der Waals surface area contributed by atoms with Gasteiger partial charge >= 0.3 is 0 Å². The Morgan fingerprint density at radius 1 is 0.793 bits per heavy atom. The van der Waals surface area contributed by atoms with E-state index in [-0.39, 0.29) is 12.3 Å². The molecule has 0 aromatic carbocycles. The van der Waals surface area contributed by atoms with Gasteiger partial charge in [0.25, 0.3) is 0 Å². The Morgan fingerprint density at radius 2 is 1.34 bits per heavy atom. The molecule has 11 nitrogen and oxygen atoms in total. The van der Waals surface area contributed by atoms with Gasteiger partial charge in [0, 0.05) is 5.75 Å². The van der Waals surface area contributed by atoms with Crippen molar-refractivity contribution in [3.05, 3.63) is 0 Å². The first-order valence-electron chi connectivity index (χ1n) is 9.70. The lowest BCUT2D eigenvalue weighted by molar-refractivity contribution is -0.132. The third-order valence-electron chi connectivity index (χ3n) is 4.14. The summed E-state index contributed by atoms with van der Waals surface area (Å²) in [5.41, 5.74) is 21.8. The van der Waals surface area contributed by atoms with E-state index >= 15 is 0 Å². The summed E-state index contributed by atoms with van der Waals surface area (Å²) in [7, 11) is 0. The molecule has 12 heteroatoms. The summed E-state index contributed by atoms with van der Waals surface area (Å²) in [6, 6.07) is -2.62. The predicted octanol–water partition coefficient (Wildman–Crippen LogP) is -2.93. The molecule has 0 spiro atoms. The van der Waals surface area contributed by atoms with Gasteiger partial charge in [-0.25, -0.2) is 0 Å². The Bertz CT molecular complexity index is 536. The van der Waals surface area contributed by atoms with Gasteiger partial charge in [-0.3, -0.25) is 19.2 Å². The molecular weight excluding hydrogens is 398 g/mol. The fraction of sp³-hybridized carbons (Fsp3) is 0.765. The van der Waals surface area contributed by atoms with Crippen LogP contribution in [-0.2, 0) is 19.2 Å². The number of thiol groups is 1. The van der Waals surface area contributed by atoms with Gasteiger partial charge in [0.1, 0.15) is 12.1 Å². The maximum absolute atomic E-state index is 12.6. The molecule has 168 valence electrons. The lowest BCUT2D eigenvalue weighted by Gasteiger charge is -2.23. The van der Waals surface area contributed by atoms with Crippen molar-refractivity contribution >= 4 is 36.3 Å². The third-order valence-corrected chi connectivity index (χ3v) is 4.50. The van der Waals surface area contributed by atoms with Gasteiger partial charge in [-0.15, -0.1) is 0 Å². The van der Waals surface area contributed by atoms with Crippen LogP contribution in [0.15, 0.2) is 0 Å². The van der Waals surface area contributed by atoms with Crippen molar-refractivity contribution in [3.8, 4) is 0 Å². The molecule has 0 aromatic heterocycles. The second-order valence-electron chi connectivity index (χ2n) is 6.66. The average Bonchev–Trinajstić information content (AvgIpc) is 2.69.